The van der Waals surface area contributed by atoms with Gasteiger partial charge in [-0.3, -0.25) is 0 Å². The summed E-state index contributed by atoms with van der Waals surface area (Å²) in [5.41, 5.74) is 0. The topological polar surface area (TPSA) is 34.1 Å². The largest absolute Gasteiger partial charge is 0.472 e. The van der Waals surface area contributed by atoms with Crippen LogP contribution in [0.3, 0.4) is 0 Å². The molecule has 1 N–H and O–H groups in total. The summed E-state index contributed by atoms with van der Waals surface area (Å²) in [7, 11) is 0. The normalized spacial score (nSPS) is 37.8. The highest BCUT2D eigenvalue weighted by atomic mass is 79.9. The van der Waals surface area contributed by atoms with E-state index < -0.39 is 37.2 Å². The third kappa shape index (κ3) is 1.76. The number of nitrogens with zero attached hydrogens (tertiary/aromatic N) is 1. The van der Waals surface area contributed by atoms with Crippen molar-refractivity contribution in [2.75, 3.05) is 13.0 Å². The zero-order valence-corrected chi connectivity index (χ0v) is 7.32. The van der Waals surface area contributed by atoms with Gasteiger partial charge in [-0.05, 0) is 6.04 Å². The summed E-state index contributed by atoms with van der Waals surface area (Å²) in [5.74, 6) is -0.581. The molecule has 1 aliphatic rings. The van der Waals surface area contributed by atoms with Crippen LogP contribution in [-0.4, -0.2) is 24.1 Å². The molecule has 1 aromatic rings. The molecule has 0 atom stereocenters. The second kappa shape index (κ2) is 3.41. The van der Waals surface area contributed by atoms with Crippen LogP contribution in [0.5, 0.6) is 5.88 Å². The first kappa shape index (κ1) is 2.96. The Labute approximate surface area is 90.5 Å². The first-order valence-corrected chi connectivity index (χ1v) is 3.84. The molecule has 1 fully saturated rings. The molecule has 4 heteroatoms. The second-order valence-electron chi connectivity index (χ2n) is 1.90. The Hall–Kier alpha value is -0.610. The molecule has 0 bridgehead atoms. The van der Waals surface area contributed by atoms with E-state index in [-0.39, 0.29) is 10.5 Å². The Morgan fingerprint density at radius 2 is 2.75 bits per heavy atom. The quantitative estimate of drug-likeness (QED) is 0.839. The van der Waals surface area contributed by atoms with Gasteiger partial charge in [-0.15, -0.1) is 0 Å². The lowest BCUT2D eigenvalue weighted by atomic mass is 10.2. The van der Waals surface area contributed by atoms with Gasteiger partial charge in [0.05, 0.1) is 5.48 Å². The van der Waals surface area contributed by atoms with Crippen LogP contribution in [0.15, 0.2) is 22.7 Å². The molecule has 1 aromatic heterocycles. The van der Waals surface area contributed by atoms with Crippen LogP contribution >= 0.6 is 15.9 Å². The van der Waals surface area contributed by atoms with Crippen LogP contribution < -0.4 is 10.1 Å². The summed E-state index contributed by atoms with van der Waals surface area (Å²) in [6.07, 6.45) is -3.18. The third-order valence-corrected chi connectivity index (χ3v) is 1.49. The summed E-state index contributed by atoms with van der Waals surface area (Å²) in [5, 5.41) is 1.90. The van der Waals surface area contributed by atoms with Crippen molar-refractivity contribution in [1.82, 2.24) is 10.3 Å². The van der Waals surface area contributed by atoms with E-state index >= 15 is 0 Å². The molecule has 64 valence electrons. The van der Waals surface area contributed by atoms with E-state index in [2.05, 4.69) is 20.9 Å². The van der Waals surface area contributed by atoms with Crippen molar-refractivity contribution in [3.63, 3.8) is 0 Å². The molecule has 0 aliphatic carbocycles. The molecule has 0 spiro atoms. The fraction of sp³-hybridized carbons (Fsp3) is 0.375. The lowest BCUT2D eigenvalue weighted by Crippen LogP contribution is -2.50. The van der Waals surface area contributed by atoms with Gasteiger partial charge >= 0.3 is 0 Å². The summed E-state index contributed by atoms with van der Waals surface area (Å²) < 4.78 is 65.1. The Morgan fingerprint density at radius 1 is 1.92 bits per heavy atom. The molecule has 0 unspecified atom stereocenters. The van der Waals surface area contributed by atoms with E-state index in [9.17, 15) is 0 Å². The molecule has 2 heterocycles. The maximum Gasteiger partial charge on any atom is 0.214 e. The first-order chi connectivity index (χ1) is 8.93. The Morgan fingerprint density at radius 3 is 3.50 bits per heavy atom. The van der Waals surface area contributed by atoms with Crippen molar-refractivity contribution < 1.29 is 15.7 Å². The molecule has 3 nitrogen and oxygen atoms in total. The van der Waals surface area contributed by atoms with Gasteiger partial charge in [-0.2, -0.15) is 0 Å². The lowest BCUT2D eigenvalue weighted by molar-refractivity contribution is 0.136. The van der Waals surface area contributed by atoms with Gasteiger partial charge in [-0.1, -0.05) is 15.9 Å². The maximum atomic E-state index is 7.81. The van der Waals surface area contributed by atoms with Gasteiger partial charge < -0.3 is 10.1 Å². The highest BCUT2D eigenvalue weighted by molar-refractivity contribution is 9.10. The molecule has 0 aromatic carbocycles. The predicted octanol–water partition coefficient (Wildman–Crippen LogP) is 1.19. The van der Waals surface area contributed by atoms with Gasteiger partial charge in [-0.25, -0.2) is 4.98 Å². The molecular weight excluding hydrogens is 220 g/mol. The zero-order chi connectivity index (χ0) is 15.5. The van der Waals surface area contributed by atoms with Gasteiger partial charge in [0, 0.05) is 35.2 Å². The van der Waals surface area contributed by atoms with Crippen molar-refractivity contribution in [3.8, 4) is 5.88 Å². The third-order valence-electron chi connectivity index (χ3n) is 1.09. The van der Waals surface area contributed by atoms with Crippen LogP contribution in [-0.2, 0) is 0 Å². The second-order valence-corrected chi connectivity index (χ2v) is 2.69. The molecule has 0 radical (unpaired) electrons. The van der Waals surface area contributed by atoms with Crippen LogP contribution in [0, 0.1) is 0 Å². The average Bonchev–Trinajstić information content (AvgIpc) is 2.31. The number of hydrogen-bond donors (Lipinski definition) is 1. The van der Waals surface area contributed by atoms with Crippen molar-refractivity contribution >= 4 is 15.9 Å². The minimum atomic E-state index is -2.65. The highest BCUT2D eigenvalue weighted by Gasteiger charge is 2.18. The fourth-order valence-corrected chi connectivity index (χ4v) is 0.849. The van der Waals surface area contributed by atoms with Crippen molar-refractivity contribution in [2.45, 2.75) is 6.08 Å². The Balaban J connectivity index is 2.45. The predicted molar refractivity (Wildman–Crippen MR) is 49.2 cm³/mol. The van der Waals surface area contributed by atoms with Crippen LogP contribution in [0.4, 0.5) is 0 Å². The highest BCUT2D eigenvalue weighted by Crippen LogP contribution is 2.16. The number of hydrogen-bond acceptors (Lipinski definition) is 3. The lowest BCUT2D eigenvalue weighted by Gasteiger charge is -2.27. The van der Waals surface area contributed by atoms with Crippen LogP contribution in [0.2, 0.25) is 0 Å². The van der Waals surface area contributed by atoms with E-state index in [4.69, 9.17) is 15.7 Å². The standard InChI is InChI=1S/C8H9BrN2O/c9-6-1-2-11-8(3-6)12-7-4-10-5-7/h1-3,7,10H,4-5H2/i1D,2D,3D,4D2,5D2,7D. The maximum absolute atomic E-state index is 7.81. The first-order valence-electron chi connectivity index (χ1n) is 7.04. The molecule has 0 saturated carbocycles. The van der Waals surface area contributed by atoms with Crippen molar-refractivity contribution in [1.29, 1.82) is 0 Å². The molecule has 2 rings (SSSR count). The SMILES string of the molecule is [2H]c1nc(OC2([2H])C([2H])([2H])NC2([2H])[2H])c([2H])c(Br)c1[2H]. The average molecular weight is 237 g/mol. The van der Waals surface area contributed by atoms with E-state index in [1.54, 1.807) is 0 Å². The van der Waals surface area contributed by atoms with E-state index in [1.807, 2.05) is 5.32 Å². The summed E-state index contributed by atoms with van der Waals surface area (Å²) in [6, 6.07) is -0.796. The molecule has 1 saturated heterocycles. The molecular formula is C8H9BrN2O. The number of halogens is 1. The monoisotopic (exact) mass is 236 g/mol. The smallest absolute Gasteiger partial charge is 0.214 e. The van der Waals surface area contributed by atoms with Gasteiger partial charge in [0.15, 0.2) is 0 Å². The zero-order valence-electron chi connectivity index (χ0n) is 13.7. The summed E-state index contributed by atoms with van der Waals surface area (Å²) >= 11 is 2.91. The summed E-state index contributed by atoms with van der Waals surface area (Å²) in [6.45, 7) is -4.97. The van der Waals surface area contributed by atoms with Crippen LogP contribution in [0.1, 0.15) is 11.0 Å². The number of ether oxygens (including phenoxy) is 1. The van der Waals surface area contributed by atoms with Gasteiger partial charge in [0.1, 0.15) is 6.08 Å². The Kier molecular flexibility index (Phi) is 0.840. The molecule has 1 aliphatic heterocycles. The van der Waals surface area contributed by atoms with Gasteiger partial charge in [0.2, 0.25) is 5.88 Å². The Bertz CT molecular complexity index is 566. The number of pyridine rings is 1. The minimum absolute atomic E-state index is 0.0931. The van der Waals surface area contributed by atoms with Gasteiger partial charge in [0.25, 0.3) is 0 Å². The number of nitrogens with one attached hydrogen (secondary N) is 1. The molecule has 12 heavy (non-hydrogen) atoms. The molecule has 0 amide bonds. The van der Waals surface area contributed by atoms with E-state index in [0.717, 1.165) is 0 Å². The number of aromatic nitrogens is 1. The number of rotatable bonds is 2. The minimum Gasteiger partial charge on any atom is -0.472 e. The van der Waals surface area contributed by atoms with Crippen molar-refractivity contribution in [2.24, 2.45) is 0 Å². The van der Waals surface area contributed by atoms with Crippen LogP contribution in [0.25, 0.3) is 0 Å². The van der Waals surface area contributed by atoms with E-state index in [1.165, 1.54) is 0 Å². The van der Waals surface area contributed by atoms with Crippen molar-refractivity contribution in [3.05, 3.63) is 22.7 Å². The fourth-order valence-electron chi connectivity index (χ4n) is 0.590. The van der Waals surface area contributed by atoms with E-state index in [0.29, 0.717) is 0 Å². The summed E-state index contributed by atoms with van der Waals surface area (Å²) in [4.78, 5) is 3.49.